The Hall–Kier alpha value is -2.36. The topological polar surface area (TPSA) is 42.4 Å². The Bertz CT molecular complexity index is 641. The molecule has 0 aliphatic carbocycles. The number of carbonyl (C=O) groups excluding carboxylic acids is 1. The predicted molar refractivity (Wildman–Crippen MR) is 91.6 cm³/mol. The Morgan fingerprint density at radius 2 is 1.91 bits per heavy atom. The third-order valence-electron chi connectivity index (χ3n) is 3.97. The van der Waals surface area contributed by atoms with Gasteiger partial charge in [0.2, 0.25) is 5.91 Å². The quantitative estimate of drug-likeness (QED) is 0.789. The van der Waals surface area contributed by atoms with Crippen LogP contribution in [-0.4, -0.2) is 36.0 Å². The highest BCUT2D eigenvalue weighted by Crippen LogP contribution is 2.19. The number of methoxy groups -OCH3 is 1. The number of hydrogen-bond donors (Lipinski definition) is 0. The van der Waals surface area contributed by atoms with Gasteiger partial charge in [0, 0.05) is 25.5 Å². The molecular formula is C19H24N2O2. The molecule has 0 aliphatic rings. The Kier molecular flexibility index (Phi) is 6.15. The highest BCUT2D eigenvalue weighted by molar-refractivity contribution is 5.78. The molecule has 122 valence electrons. The standard InChI is InChI=1S/C19H24N2O2/c1-4-21(12-9-16-7-10-20-11-8-16)19(22)14-17-5-6-18(23-3)15(2)13-17/h5-8,10-11,13H,4,9,12,14H2,1-3H3. The molecule has 0 fully saturated rings. The summed E-state index contributed by atoms with van der Waals surface area (Å²) in [5.41, 5.74) is 3.28. The van der Waals surface area contributed by atoms with Gasteiger partial charge in [0.25, 0.3) is 0 Å². The second-order valence-corrected chi connectivity index (χ2v) is 5.56. The second kappa shape index (κ2) is 8.32. The van der Waals surface area contributed by atoms with E-state index < -0.39 is 0 Å². The zero-order chi connectivity index (χ0) is 16.7. The first kappa shape index (κ1) is 17.0. The van der Waals surface area contributed by atoms with E-state index in [0.717, 1.165) is 36.4 Å². The molecule has 0 spiro atoms. The summed E-state index contributed by atoms with van der Waals surface area (Å²) in [4.78, 5) is 18.4. The number of aryl methyl sites for hydroxylation is 1. The number of aromatic nitrogens is 1. The van der Waals surface area contributed by atoms with Crippen molar-refractivity contribution >= 4 is 5.91 Å². The number of likely N-dealkylation sites (N-methyl/N-ethyl adjacent to an activating group) is 1. The molecule has 1 aromatic carbocycles. The maximum absolute atomic E-state index is 12.5. The minimum absolute atomic E-state index is 0.158. The first-order valence-corrected chi connectivity index (χ1v) is 7.94. The van der Waals surface area contributed by atoms with Crippen molar-refractivity contribution in [2.24, 2.45) is 0 Å². The zero-order valence-electron chi connectivity index (χ0n) is 14.1. The van der Waals surface area contributed by atoms with Crippen molar-refractivity contribution in [3.8, 4) is 5.75 Å². The molecule has 0 bridgehead atoms. The fourth-order valence-corrected chi connectivity index (χ4v) is 2.61. The van der Waals surface area contributed by atoms with Gasteiger partial charge in [-0.05, 0) is 55.2 Å². The van der Waals surface area contributed by atoms with Crippen molar-refractivity contribution in [3.63, 3.8) is 0 Å². The first-order chi connectivity index (χ1) is 11.1. The van der Waals surface area contributed by atoms with E-state index in [0.29, 0.717) is 6.42 Å². The van der Waals surface area contributed by atoms with E-state index in [-0.39, 0.29) is 5.91 Å². The Balaban J connectivity index is 1.95. The number of hydrogen-bond acceptors (Lipinski definition) is 3. The van der Waals surface area contributed by atoms with Crippen LogP contribution in [-0.2, 0) is 17.6 Å². The molecule has 2 aromatic rings. The summed E-state index contributed by atoms with van der Waals surface area (Å²) in [6, 6.07) is 9.88. The molecule has 0 N–H and O–H groups in total. The van der Waals surface area contributed by atoms with Crippen molar-refractivity contribution < 1.29 is 9.53 Å². The number of pyridine rings is 1. The van der Waals surface area contributed by atoms with Gasteiger partial charge in [-0.15, -0.1) is 0 Å². The molecule has 1 aromatic heterocycles. The van der Waals surface area contributed by atoms with Crippen molar-refractivity contribution in [2.75, 3.05) is 20.2 Å². The van der Waals surface area contributed by atoms with Crippen LogP contribution in [0, 0.1) is 6.92 Å². The van der Waals surface area contributed by atoms with E-state index in [1.54, 1.807) is 19.5 Å². The molecule has 0 aliphatic heterocycles. The van der Waals surface area contributed by atoms with Crippen LogP contribution < -0.4 is 4.74 Å². The van der Waals surface area contributed by atoms with Gasteiger partial charge >= 0.3 is 0 Å². The highest BCUT2D eigenvalue weighted by atomic mass is 16.5. The monoisotopic (exact) mass is 312 g/mol. The summed E-state index contributed by atoms with van der Waals surface area (Å²) in [5.74, 6) is 1.01. The highest BCUT2D eigenvalue weighted by Gasteiger charge is 2.13. The summed E-state index contributed by atoms with van der Waals surface area (Å²) in [5, 5.41) is 0. The third kappa shape index (κ3) is 4.81. The van der Waals surface area contributed by atoms with E-state index in [4.69, 9.17) is 4.74 Å². The van der Waals surface area contributed by atoms with E-state index in [1.807, 2.05) is 49.1 Å². The molecular weight excluding hydrogens is 288 g/mol. The molecule has 2 rings (SSSR count). The average molecular weight is 312 g/mol. The molecule has 4 heteroatoms. The fourth-order valence-electron chi connectivity index (χ4n) is 2.61. The zero-order valence-corrected chi connectivity index (χ0v) is 14.1. The van der Waals surface area contributed by atoms with Crippen LogP contribution in [0.4, 0.5) is 0 Å². The van der Waals surface area contributed by atoms with Crippen LogP contribution >= 0.6 is 0 Å². The van der Waals surface area contributed by atoms with Gasteiger partial charge in [-0.3, -0.25) is 9.78 Å². The molecule has 0 radical (unpaired) electrons. The number of rotatable bonds is 7. The Morgan fingerprint density at radius 3 is 2.52 bits per heavy atom. The normalized spacial score (nSPS) is 10.4. The lowest BCUT2D eigenvalue weighted by Crippen LogP contribution is -2.33. The number of nitrogens with zero attached hydrogens (tertiary/aromatic N) is 2. The average Bonchev–Trinajstić information content (AvgIpc) is 2.56. The summed E-state index contributed by atoms with van der Waals surface area (Å²) in [6.07, 6.45) is 4.85. The van der Waals surface area contributed by atoms with Gasteiger partial charge in [-0.2, -0.15) is 0 Å². The molecule has 0 unspecified atom stereocenters. The number of carbonyl (C=O) groups is 1. The molecule has 4 nitrogen and oxygen atoms in total. The summed E-state index contributed by atoms with van der Waals surface area (Å²) in [7, 11) is 1.66. The summed E-state index contributed by atoms with van der Waals surface area (Å²) in [6.45, 7) is 5.46. The third-order valence-corrected chi connectivity index (χ3v) is 3.97. The van der Waals surface area contributed by atoms with E-state index >= 15 is 0 Å². The van der Waals surface area contributed by atoms with Crippen LogP contribution in [0.3, 0.4) is 0 Å². The first-order valence-electron chi connectivity index (χ1n) is 7.94. The lowest BCUT2D eigenvalue weighted by Gasteiger charge is -2.21. The SMILES string of the molecule is CCN(CCc1ccncc1)C(=O)Cc1ccc(OC)c(C)c1. The van der Waals surface area contributed by atoms with E-state index in [2.05, 4.69) is 4.98 Å². The van der Waals surface area contributed by atoms with Gasteiger partial charge in [-0.25, -0.2) is 0 Å². The minimum Gasteiger partial charge on any atom is -0.496 e. The number of benzene rings is 1. The largest absolute Gasteiger partial charge is 0.496 e. The van der Waals surface area contributed by atoms with Crippen LogP contribution in [0.15, 0.2) is 42.7 Å². The number of ether oxygens (including phenoxy) is 1. The van der Waals surface area contributed by atoms with Crippen LogP contribution in [0.1, 0.15) is 23.6 Å². The van der Waals surface area contributed by atoms with Gasteiger partial charge in [0.05, 0.1) is 13.5 Å². The van der Waals surface area contributed by atoms with Gasteiger partial charge < -0.3 is 9.64 Å². The maximum Gasteiger partial charge on any atom is 0.226 e. The van der Waals surface area contributed by atoms with Crippen molar-refractivity contribution in [1.82, 2.24) is 9.88 Å². The summed E-state index contributed by atoms with van der Waals surface area (Å²) >= 11 is 0. The molecule has 0 saturated heterocycles. The van der Waals surface area contributed by atoms with Gasteiger partial charge in [0.15, 0.2) is 0 Å². The molecule has 1 amide bonds. The van der Waals surface area contributed by atoms with Crippen LogP contribution in [0.5, 0.6) is 5.75 Å². The van der Waals surface area contributed by atoms with Crippen molar-refractivity contribution in [2.45, 2.75) is 26.7 Å². The minimum atomic E-state index is 0.158. The predicted octanol–water partition coefficient (Wildman–Crippen LogP) is 3.03. The van der Waals surface area contributed by atoms with Crippen molar-refractivity contribution in [1.29, 1.82) is 0 Å². The van der Waals surface area contributed by atoms with Gasteiger partial charge in [0.1, 0.15) is 5.75 Å². The maximum atomic E-state index is 12.5. The molecule has 23 heavy (non-hydrogen) atoms. The smallest absolute Gasteiger partial charge is 0.226 e. The Morgan fingerprint density at radius 1 is 1.17 bits per heavy atom. The van der Waals surface area contributed by atoms with Crippen LogP contribution in [0.25, 0.3) is 0 Å². The fraction of sp³-hybridized carbons (Fsp3) is 0.368. The lowest BCUT2D eigenvalue weighted by molar-refractivity contribution is -0.130. The second-order valence-electron chi connectivity index (χ2n) is 5.56. The van der Waals surface area contributed by atoms with E-state index in [1.165, 1.54) is 5.56 Å². The lowest BCUT2D eigenvalue weighted by atomic mass is 10.1. The molecule has 1 heterocycles. The summed E-state index contributed by atoms with van der Waals surface area (Å²) < 4.78 is 5.26. The number of amides is 1. The van der Waals surface area contributed by atoms with E-state index in [9.17, 15) is 4.79 Å². The Labute approximate surface area is 138 Å². The molecule has 0 atom stereocenters. The van der Waals surface area contributed by atoms with Crippen LogP contribution in [0.2, 0.25) is 0 Å². The molecule has 0 saturated carbocycles. The van der Waals surface area contributed by atoms with Crippen molar-refractivity contribution in [3.05, 3.63) is 59.4 Å². The van der Waals surface area contributed by atoms with Gasteiger partial charge in [-0.1, -0.05) is 12.1 Å².